The molecule has 2 aliphatic rings. The number of anilines is 1. The first-order chi connectivity index (χ1) is 47.1. The molecule has 12 atom stereocenters. The van der Waals surface area contributed by atoms with Gasteiger partial charge in [0.15, 0.2) is 11.6 Å². The van der Waals surface area contributed by atoms with E-state index in [-0.39, 0.29) is 86.0 Å². The molecule has 1 aliphatic carbocycles. The second kappa shape index (κ2) is 40.5. The standard InChI is InChI=1S/C72H107N11O14S2/c1-15-45(8)62(55(95-12)40-58(86)83-36-23-28-53(83)64(96-13)46(9)65(88)78-52(69-74-35-37-99-69)38-47-24-18-16-19-25-47)81(10)70(92)60(43(4)5)80-68(91)61(44(6)7)82(11)72(94)97-41-48-30-32-49(33-31-48)76-66(89)51(27-22-34-75-71(73)93)77-67(90)59(42(2)3)79-57(85)29-21-17-20-26-50-54(84)39-56(98-14)63(50)87/h16,18-19,24-25,30-33,35,37,39,42-46,50-53,55,59-62,64H,15,17,20-23,26-29,34,36,38,40-41H2,1-14H3,(H,76,89)(H,77,90)(H,78,88)(H,79,85)(H,80,91)(H3,73,75,93)/t45-,46+,50?,51-,52-,53-,55+,59-,60-,61-,62-,64+/m0/s1. The highest BCUT2D eigenvalue weighted by Gasteiger charge is 2.44. The summed E-state index contributed by atoms with van der Waals surface area (Å²) in [5, 5.41) is 19.7. The van der Waals surface area contributed by atoms with Gasteiger partial charge in [0.05, 0.1) is 53.5 Å². The summed E-state index contributed by atoms with van der Waals surface area (Å²) >= 11 is 2.72. The van der Waals surface area contributed by atoms with Gasteiger partial charge in [0, 0.05) is 65.1 Å². The first kappa shape index (κ1) is 81.9. The molecule has 27 heteroatoms. The number of allylic oxidation sites excluding steroid dienone is 2. The number of aromatic nitrogens is 1. The maximum atomic E-state index is 14.9. The number of amides is 10. The van der Waals surface area contributed by atoms with Crippen molar-refractivity contribution in [2.75, 3.05) is 53.0 Å². The van der Waals surface area contributed by atoms with Gasteiger partial charge >= 0.3 is 12.1 Å². The Morgan fingerprint density at radius 2 is 1.45 bits per heavy atom. The lowest BCUT2D eigenvalue weighted by Crippen LogP contribution is -2.60. The zero-order valence-electron chi connectivity index (χ0n) is 60.1. The van der Waals surface area contributed by atoms with Crippen LogP contribution in [-0.2, 0) is 70.4 Å². The number of thiazole rings is 1. The molecule has 99 heavy (non-hydrogen) atoms. The van der Waals surface area contributed by atoms with E-state index < -0.39 is 108 Å². The molecule has 2 aromatic carbocycles. The van der Waals surface area contributed by atoms with Crippen molar-refractivity contribution in [3.63, 3.8) is 0 Å². The van der Waals surface area contributed by atoms with Crippen molar-refractivity contribution in [1.29, 1.82) is 0 Å². The van der Waals surface area contributed by atoms with E-state index in [1.165, 1.54) is 48.2 Å². The van der Waals surface area contributed by atoms with E-state index in [1.54, 1.807) is 88.4 Å². The molecule has 5 rings (SSSR count). The number of likely N-dealkylation sites (tertiary alicyclic amines) is 1. The minimum atomic E-state index is -1.11. The highest BCUT2D eigenvalue weighted by molar-refractivity contribution is 8.03. The van der Waals surface area contributed by atoms with Crippen molar-refractivity contribution in [3.05, 3.63) is 93.3 Å². The van der Waals surface area contributed by atoms with E-state index in [1.807, 2.05) is 70.3 Å². The first-order valence-electron chi connectivity index (χ1n) is 34.5. The summed E-state index contributed by atoms with van der Waals surface area (Å²) < 4.78 is 17.9. The largest absolute Gasteiger partial charge is 0.445 e. The average molecular weight is 1410 g/mol. The number of benzene rings is 2. The molecule has 1 saturated heterocycles. The molecule has 0 saturated carbocycles. The Hall–Kier alpha value is -7.75. The lowest BCUT2D eigenvalue weighted by atomic mass is 9.89. The number of thioether (sulfide) groups is 1. The van der Waals surface area contributed by atoms with Gasteiger partial charge in [0.25, 0.3) is 0 Å². The molecule has 0 radical (unpaired) electrons. The van der Waals surface area contributed by atoms with Crippen LogP contribution in [0.4, 0.5) is 15.3 Å². The molecule has 3 aromatic rings. The fourth-order valence-corrected chi connectivity index (χ4v) is 14.2. The number of urea groups is 1. The number of ether oxygens (including phenoxy) is 3. The Balaban J connectivity index is 1.17. The average Bonchev–Trinajstić information content (AvgIpc) is 1.58. The fraction of sp³-hybridized carbons (Fsp3) is 0.611. The highest BCUT2D eigenvalue weighted by atomic mass is 32.2. The fourth-order valence-electron chi connectivity index (χ4n) is 12.9. The van der Waals surface area contributed by atoms with E-state index in [0.29, 0.717) is 74.1 Å². The van der Waals surface area contributed by atoms with Crippen molar-refractivity contribution < 1.29 is 67.0 Å². The zero-order valence-corrected chi connectivity index (χ0v) is 61.7. The van der Waals surface area contributed by atoms with Gasteiger partial charge in [0.2, 0.25) is 41.4 Å². The normalized spacial score (nSPS) is 17.6. The van der Waals surface area contributed by atoms with Crippen LogP contribution in [0.5, 0.6) is 0 Å². The number of likely N-dealkylation sites (N-methyl/N-ethyl adjacent to an activating group) is 2. The number of ketones is 2. The third-order valence-electron chi connectivity index (χ3n) is 18.7. The monoisotopic (exact) mass is 1410 g/mol. The van der Waals surface area contributed by atoms with Crippen LogP contribution in [0.25, 0.3) is 0 Å². The number of methoxy groups -OCH3 is 2. The maximum Gasteiger partial charge on any atom is 0.410 e. The molecule has 0 spiro atoms. The number of nitrogens with two attached hydrogens (primary N) is 1. The molecular weight excluding hydrogens is 1310 g/mol. The van der Waals surface area contributed by atoms with E-state index in [0.717, 1.165) is 10.6 Å². The van der Waals surface area contributed by atoms with Gasteiger partial charge < -0.3 is 61.6 Å². The molecule has 1 aliphatic heterocycles. The Morgan fingerprint density at radius 3 is 2.04 bits per heavy atom. The molecule has 1 unspecified atom stereocenters. The van der Waals surface area contributed by atoms with Crippen LogP contribution in [0.15, 0.2) is 77.2 Å². The number of rotatable bonds is 40. The van der Waals surface area contributed by atoms with E-state index >= 15 is 0 Å². The third kappa shape index (κ3) is 24.0. The van der Waals surface area contributed by atoms with Gasteiger partial charge in [-0.2, -0.15) is 0 Å². The van der Waals surface area contributed by atoms with Crippen LogP contribution in [0.2, 0.25) is 0 Å². The van der Waals surface area contributed by atoms with E-state index in [4.69, 9.17) is 19.9 Å². The summed E-state index contributed by atoms with van der Waals surface area (Å²) in [6.45, 7) is 16.8. The van der Waals surface area contributed by atoms with Gasteiger partial charge in [-0.25, -0.2) is 14.6 Å². The summed E-state index contributed by atoms with van der Waals surface area (Å²) in [7, 11) is 6.16. The zero-order chi connectivity index (χ0) is 73.2. The first-order valence-corrected chi connectivity index (χ1v) is 36.6. The Morgan fingerprint density at radius 1 is 0.768 bits per heavy atom. The highest BCUT2D eigenvalue weighted by Crippen LogP contribution is 2.32. The molecule has 0 bridgehead atoms. The smallest absolute Gasteiger partial charge is 0.410 e. The molecule has 546 valence electrons. The van der Waals surface area contributed by atoms with Gasteiger partial charge in [-0.1, -0.05) is 124 Å². The second-order valence-electron chi connectivity index (χ2n) is 26.9. The van der Waals surface area contributed by atoms with Gasteiger partial charge in [-0.15, -0.1) is 23.1 Å². The molecule has 10 amide bonds. The number of unbranched alkanes of at least 4 members (excludes halogenated alkanes) is 2. The second-order valence-corrected chi connectivity index (χ2v) is 28.7. The number of Topliss-reactive ketones (excluding diaryl/α,β-unsaturated/α-hetero) is 1. The molecule has 2 heterocycles. The van der Waals surface area contributed by atoms with Crippen LogP contribution in [0.3, 0.4) is 0 Å². The number of carbonyl (C=O) groups is 11. The number of nitrogens with zero attached hydrogens (tertiary/aromatic N) is 4. The SMILES string of the molecule is CC[C@H](C)[C@@H]([C@@H](CC(=O)N1CCC[C@H]1[C@H](OC)[C@@H](C)C(=O)N[C@@H](Cc1ccccc1)c1nccs1)OC)N(C)C(=O)[C@@H](NC(=O)[C@H](C(C)C)N(C)C(=O)OCc1ccc(NC(=O)[C@H](CCCNC(N)=O)NC(=O)[C@@H](NC(=O)CCCCCC2C(=O)C=C(SC)C2=O)C(C)C)cc1)C(C)C. The van der Waals surface area contributed by atoms with Crippen LogP contribution in [0.1, 0.15) is 155 Å². The van der Waals surface area contributed by atoms with Crippen LogP contribution in [-0.4, -0.2) is 181 Å². The van der Waals surface area contributed by atoms with Crippen LogP contribution < -0.4 is 37.6 Å². The van der Waals surface area contributed by atoms with Gasteiger partial charge in [-0.05, 0) is 104 Å². The van der Waals surface area contributed by atoms with Gasteiger partial charge in [0.1, 0.15) is 35.8 Å². The quantitative estimate of drug-likeness (QED) is 0.0210. The molecule has 1 aromatic heterocycles. The van der Waals surface area contributed by atoms with Crippen molar-refractivity contribution in [1.82, 2.24) is 46.3 Å². The minimum Gasteiger partial charge on any atom is -0.445 e. The topological polar surface area (TPSA) is 336 Å². The maximum absolute atomic E-state index is 14.9. The Kier molecular flexibility index (Phi) is 33.5. The van der Waals surface area contributed by atoms with Gasteiger partial charge in [-0.3, -0.25) is 48.1 Å². The van der Waals surface area contributed by atoms with Crippen LogP contribution >= 0.6 is 23.1 Å². The number of nitrogens with one attached hydrogen (secondary N) is 6. The number of primary amides is 1. The third-order valence-corrected chi connectivity index (χ3v) is 20.3. The summed E-state index contributed by atoms with van der Waals surface area (Å²) in [4.78, 5) is 158. The summed E-state index contributed by atoms with van der Waals surface area (Å²) in [5.41, 5.74) is 7.18. The Bertz CT molecular complexity index is 3210. The lowest BCUT2D eigenvalue weighted by Gasteiger charge is -2.41. The molecular formula is C72H107N11O14S2. The summed E-state index contributed by atoms with van der Waals surface area (Å²) in [5.74, 6) is -6.06. The van der Waals surface area contributed by atoms with Crippen molar-refractivity contribution in [3.8, 4) is 0 Å². The summed E-state index contributed by atoms with van der Waals surface area (Å²) in [6, 6.07) is 9.90. The Labute approximate surface area is 592 Å². The number of hydrogen-bond donors (Lipinski definition) is 7. The number of carbonyl (C=O) groups excluding carboxylic acids is 11. The van der Waals surface area contributed by atoms with Crippen molar-refractivity contribution in [2.45, 2.75) is 200 Å². The predicted octanol–water partition coefficient (Wildman–Crippen LogP) is 7.88. The van der Waals surface area contributed by atoms with Crippen molar-refractivity contribution in [2.24, 2.45) is 41.2 Å². The van der Waals surface area contributed by atoms with E-state index in [9.17, 15) is 52.7 Å². The minimum absolute atomic E-state index is 0.0753. The number of hydrogen-bond acceptors (Lipinski definition) is 17. The lowest BCUT2D eigenvalue weighted by molar-refractivity contribution is -0.148. The molecule has 25 nitrogen and oxygen atoms in total. The predicted molar refractivity (Wildman–Crippen MR) is 381 cm³/mol. The van der Waals surface area contributed by atoms with E-state index in [2.05, 4.69) is 36.9 Å². The van der Waals surface area contributed by atoms with Crippen LogP contribution in [0, 0.1) is 35.5 Å². The van der Waals surface area contributed by atoms with Crippen molar-refractivity contribution >= 4 is 93.8 Å². The summed E-state index contributed by atoms with van der Waals surface area (Å²) in [6.07, 6.45) is 7.53. The molecule has 1 fully saturated rings. The molecule has 8 N–H and O–H groups in total.